The molecule has 2 aromatic rings. The maximum Gasteiger partial charge on any atom is 0.231 e. The van der Waals surface area contributed by atoms with Crippen LogP contribution in [0.5, 0.6) is 5.75 Å². The summed E-state index contributed by atoms with van der Waals surface area (Å²) in [5.41, 5.74) is 4.47. The maximum atomic E-state index is 12.9. The molecule has 1 amide bonds. The summed E-state index contributed by atoms with van der Waals surface area (Å²) >= 11 is 0. The third-order valence-electron chi connectivity index (χ3n) is 4.87. The number of carbonyl (C=O) groups is 1. The first-order valence-corrected chi connectivity index (χ1v) is 9.11. The summed E-state index contributed by atoms with van der Waals surface area (Å²) in [5, 5.41) is 3.22. The number of amides is 1. The average Bonchev–Trinajstić information content (AvgIpc) is 2.61. The largest absolute Gasteiger partial charge is 0.492 e. The number of para-hydroxylation sites is 2. The summed E-state index contributed by atoms with van der Waals surface area (Å²) in [6.45, 7) is 9.08. The van der Waals surface area contributed by atoms with Crippen LogP contribution in [-0.4, -0.2) is 12.5 Å². The van der Waals surface area contributed by atoms with Crippen LogP contribution in [0.15, 0.2) is 42.5 Å². The Kier molecular flexibility index (Phi) is 5.12. The van der Waals surface area contributed by atoms with Crippen LogP contribution in [0.2, 0.25) is 0 Å². The predicted octanol–water partition coefficient (Wildman–Crippen LogP) is 5.12. The highest BCUT2D eigenvalue weighted by molar-refractivity contribution is 5.94. The number of benzene rings is 2. The van der Waals surface area contributed by atoms with Crippen LogP contribution in [-0.2, 0) is 11.2 Å². The molecule has 3 nitrogen and oxygen atoms in total. The molecule has 3 heteroatoms. The second-order valence-electron chi connectivity index (χ2n) is 7.43. The van der Waals surface area contributed by atoms with Crippen molar-refractivity contribution in [1.82, 2.24) is 0 Å². The first kappa shape index (κ1) is 17.5. The van der Waals surface area contributed by atoms with Crippen LogP contribution in [0.1, 0.15) is 56.2 Å². The van der Waals surface area contributed by atoms with Gasteiger partial charge in [-0.15, -0.1) is 0 Å². The standard InChI is InChI=1S/C22H27NO2/c1-14(2)18-9-7-10-19(15(3)4)21(18)23-22(24)17-12-16-8-5-6-11-20(16)25-13-17/h5-11,14-15,17H,12-13H2,1-4H3,(H,23,24)/t17-/m1/s1. The number of rotatable bonds is 4. The molecule has 0 saturated heterocycles. The summed E-state index contributed by atoms with van der Waals surface area (Å²) in [6, 6.07) is 14.3. The topological polar surface area (TPSA) is 38.3 Å². The number of hydrogen-bond donors (Lipinski definition) is 1. The minimum Gasteiger partial charge on any atom is -0.492 e. The molecule has 2 aromatic carbocycles. The summed E-state index contributed by atoms with van der Waals surface area (Å²) in [7, 11) is 0. The molecule has 0 radical (unpaired) electrons. The Labute approximate surface area is 150 Å². The molecule has 0 unspecified atom stereocenters. The van der Waals surface area contributed by atoms with E-state index in [9.17, 15) is 4.79 Å². The molecular weight excluding hydrogens is 310 g/mol. The third kappa shape index (κ3) is 3.71. The van der Waals surface area contributed by atoms with Crippen molar-refractivity contribution in [1.29, 1.82) is 0 Å². The molecule has 1 N–H and O–H groups in total. The lowest BCUT2D eigenvalue weighted by atomic mass is 9.91. The van der Waals surface area contributed by atoms with Crippen LogP contribution in [0.25, 0.3) is 0 Å². The van der Waals surface area contributed by atoms with Crippen molar-refractivity contribution >= 4 is 11.6 Å². The van der Waals surface area contributed by atoms with E-state index < -0.39 is 0 Å². The van der Waals surface area contributed by atoms with E-state index in [2.05, 4.69) is 51.2 Å². The molecule has 1 aliphatic rings. The monoisotopic (exact) mass is 337 g/mol. The summed E-state index contributed by atoms with van der Waals surface area (Å²) < 4.78 is 5.79. The molecule has 0 bridgehead atoms. The van der Waals surface area contributed by atoms with Crippen LogP contribution >= 0.6 is 0 Å². The zero-order valence-corrected chi connectivity index (χ0v) is 15.5. The van der Waals surface area contributed by atoms with E-state index in [1.807, 2.05) is 24.3 Å². The zero-order valence-electron chi connectivity index (χ0n) is 15.5. The molecule has 0 spiro atoms. The molecule has 0 saturated carbocycles. The van der Waals surface area contributed by atoms with Gasteiger partial charge in [0.2, 0.25) is 5.91 Å². The van der Waals surface area contributed by atoms with Gasteiger partial charge in [-0.1, -0.05) is 64.1 Å². The Morgan fingerprint density at radius 1 is 1.00 bits per heavy atom. The molecule has 25 heavy (non-hydrogen) atoms. The second-order valence-corrected chi connectivity index (χ2v) is 7.43. The lowest BCUT2D eigenvalue weighted by Gasteiger charge is -2.26. The van der Waals surface area contributed by atoms with Crippen molar-refractivity contribution in [2.24, 2.45) is 5.92 Å². The second kappa shape index (κ2) is 7.30. The number of ether oxygens (including phenoxy) is 1. The number of nitrogens with one attached hydrogen (secondary N) is 1. The minimum absolute atomic E-state index is 0.0458. The number of anilines is 1. The van der Waals surface area contributed by atoms with Crippen molar-refractivity contribution in [2.75, 3.05) is 11.9 Å². The van der Waals surface area contributed by atoms with Gasteiger partial charge in [0, 0.05) is 5.69 Å². The van der Waals surface area contributed by atoms with Gasteiger partial charge >= 0.3 is 0 Å². The summed E-state index contributed by atoms with van der Waals surface area (Å²) in [6.07, 6.45) is 0.725. The van der Waals surface area contributed by atoms with Crippen LogP contribution in [0.4, 0.5) is 5.69 Å². The van der Waals surface area contributed by atoms with Gasteiger partial charge < -0.3 is 10.1 Å². The van der Waals surface area contributed by atoms with Crippen LogP contribution < -0.4 is 10.1 Å². The molecule has 0 fully saturated rings. The van der Waals surface area contributed by atoms with Crippen LogP contribution in [0, 0.1) is 5.92 Å². The minimum atomic E-state index is -0.157. The average molecular weight is 337 g/mol. The van der Waals surface area contributed by atoms with Gasteiger partial charge in [0.1, 0.15) is 12.4 Å². The predicted molar refractivity (Wildman–Crippen MR) is 102 cm³/mol. The molecular formula is C22H27NO2. The molecule has 3 rings (SSSR count). The lowest BCUT2D eigenvalue weighted by Crippen LogP contribution is -2.33. The Bertz CT molecular complexity index is 738. The van der Waals surface area contributed by atoms with E-state index in [4.69, 9.17) is 4.74 Å². The number of carbonyl (C=O) groups excluding carboxylic acids is 1. The third-order valence-corrected chi connectivity index (χ3v) is 4.87. The maximum absolute atomic E-state index is 12.9. The van der Waals surface area contributed by atoms with Crippen molar-refractivity contribution in [3.63, 3.8) is 0 Å². The Balaban J connectivity index is 1.84. The first-order valence-electron chi connectivity index (χ1n) is 9.11. The van der Waals surface area contributed by atoms with E-state index in [1.165, 1.54) is 11.1 Å². The van der Waals surface area contributed by atoms with Gasteiger partial charge in [-0.25, -0.2) is 0 Å². The fourth-order valence-corrected chi connectivity index (χ4v) is 3.42. The Morgan fingerprint density at radius 3 is 2.28 bits per heavy atom. The van der Waals surface area contributed by atoms with Gasteiger partial charge in [0.05, 0.1) is 5.92 Å². The first-order chi connectivity index (χ1) is 12.0. The van der Waals surface area contributed by atoms with Crippen molar-refractivity contribution in [3.8, 4) is 5.75 Å². The van der Waals surface area contributed by atoms with E-state index >= 15 is 0 Å². The van der Waals surface area contributed by atoms with Gasteiger partial charge in [-0.2, -0.15) is 0 Å². The van der Waals surface area contributed by atoms with Gasteiger partial charge in [0.15, 0.2) is 0 Å². The van der Waals surface area contributed by atoms with Gasteiger partial charge in [-0.3, -0.25) is 4.79 Å². The molecule has 1 atom stereocenters. The van der Waals surface area contributed by atoms with Crippen molar-refractivity contribution < 1.29 is 9.53 Å². The molecule has 0 aliphatic carbocycles. The highest BCUT2D eigenvalue weighted by Gasteiger charge is 2.27. The van der Waals surface area contributed by atoms with Crippen LogP contribution in [0.3, 0.4) is 0 Å². The van der Waals surface area contributed by atoms with Gasteiger partial charge in [0.25, 0.3) is 0 Å². The highest BCUT2D eigenvalue weighted by atomic mass is 16.5. The molecule has 0 aromatic heterocycles. The quantitative estimate of drug-likeness (QED) is 0.840. The fourth-order valence-electron chi connectivity index (χ4n) is 3.42. The Hall–Kier alpha value is -2.29. The summed E-state index contributed by atoms with van der Waals surface area (Å²) in [5.74, 6) is 1.51. The van der Waals surface area contributed by atoms with Crippen molar-refractivity contribution in [2.45, 2.75) is 46.0 Å². The SMILES string of the molecule is CC(C)c1cccc(C(C)C)c1NC(=O)[C@H]1COc2ccccc2C1. The van der Waals surface area contributed by atoms with Crippen molar-refractivity contribution in [3.05, 3.63) is 59.2 Å². The molecule has 1 aliphatic heterocycles. The zero-order chi connectivity index (χ0) is 18.0. The highest BCUT2D eigenvalue weighted by Crippen LogP contribution is 2.33. The fraction of sp³-hybridized carbons (Fsp3) is 0.409. The number of fused-ring (bicyclic) bond motifs is 1. The molecule has 132 valence electrons. The van der Waals surface area contributed by atoms with E-state index in [-0.39, 0.29) is 11.8 Å². The number of hydrogen-bond acceptors (Lipinski definition) is 2. The molecule has 1 heterocycles. The van der Waals surface area contributed by atoms with Gasteiger partial charge in [-0.05, 0) is 41.0 Å². The smallest absolute Gasteiger partial charge is 0.231 e. The lowest BCUT2D eigenvalue weighted by molar-refractivity contribution is -0.121. The normalized spacial score (nSPS) is 16.5. The summed E-state index contributed by atoms with van der Waals surface area (Å²) in [4.78, 5) is 12.9. The van der Waals surface area contributed by atoms with E-state index in [0.29, 0.717) is 18.4 Å². The Morgan fingerprint density at radius 2 is 1.64 bits per heavy atom. The van der Waals surface area contributed by atoms with E-state index in [1.54, 1.807) is 0 Å². The van der Waals surface area contributed by atoms with E-state index in [0.717, 1.165) is 23.4 Å².